The predicted octanol–water partition coefficient (Wildman–Crippen LogP) is 2.79. The zero-order valence-electron chi connectivity index (χ0n) is 9.20. The van der Waals surface area contributed by atoms with Crippen LogP contribution in [0.1, 0.15) is 18.4 Å². The summed E-state index contributed by atoms with van der Waals surface area (Å²) in [5.41, 5.74) is -0.464. The lowest BCUT2D eigenvalue weighted by molar-refractivity contribution is 0.354. The lowest BCUT2D eigenvalue weighted by atomic mass is 9.90. The van der Waals surface area contributed by atoms with Gasteiger partial charge in [-0.3, -0.25) is 0 Å². The first-order chi connectivity index (χ1) is 8.09. The summed E-state index contributed by atoms with van der Waals surface area (Å²) in [7, 11) is 0. The van der Waals surface area contributed by atoms with Gasteiger partial charge in [0.1, 0.15) is 0 Å². The second-order valence-corrected chi connectivity index (χ2v) is 4.34. The standard InChI is InChI=1S/C12H13F4N/c13-9-6-10(14)12(16)8(11(9)15)5-7-1-3-17-4-2-7/h6-7,17H,1-5H2. The van der Waals surface area contributed by atoms with Crippen molar-refractivity contribution in [1.29, 1.82) is 0 Å². The SMILES string of the molecule is Fc1cc(F)c(F)c(CC2CCNCC2)c1F. The smallest absolute Gasteiger partial charge is 0.165 e. The van der Waals surface area contributed by atoms with Gasteiger partial charge >= 0.3 is 0 Å². The molecular weight excluding hydrogens is 234 g/mol. The number of hydrogen-bond acceptors (Lipinski definition) is 1. The van der Waals surface area contributed by atoms with Crippen molar-refractivity contribution in [3.63, 3.8) is 0 Å². The van der Waals surface area contributed by atoms with Gasteiger partial charge in [0.15, 0.2) is 23.3 Å². The van der Waals surface area contributed by atoms with E-state index < -0.39 is 28.8 Å². The van der Waals surface area contributed by atoms with Gasteiger partial charge in [-0.1, -0.05) is 0 Å². The van der Waals surface area contributed by atoms with Gasteiger partial charge in [-0.25, -0.2) is 17.6 Å². The number of benzene rings is 1. The molecule has 0 radical (unpaired) electrons. The van der Waals surface area contributed by atoms with Crippen LogP contribution in [-0.2, 0) is 6.42 Å². The van der Waals surface area contributed by atoms with Gasteiger partial charge in [0.2, 0.25) is 0 Å². The highest BCUT2D eigenvalue weighted by molar-refractivity contribution is 5.23. The van der Waals surface area contributed by atoms with Crippen LogP contribution in [0.25, 0.3) is 0 Å². The third kappa shape index (κ3) is 2.60. The quantitative estimate of drug-likeness (QED) is 0.626. The van der Waals surface area contributed by atoms with E-state index in [1.807, 2.05) is 0 Å². The van der Waals surface area contributed by atoms with Gasteiger partial charge in [0.05, 0.1) is 0 Å². The molecule has 94 valence electrons. The summed E-state index contributed by atoms with van der Waals surface area (Å²) in [6.45, 7) is 1.54. The average Bonchev–Trinajstić information content (AvgIpc) is 2.33. The molecular formula is C12H13F4N. The van der Waals surface area contributed by atoms with Gasteiger partial charge in [0.25, 0.3) is 0 Å². The summed E-state index contributed by atoms with van der Waals surface area (Å²) in [6, 6.07) is 0.247. The van der Waals surface area contributed by atoms with E-state index in [0.29, 0.717) is 0 Å². The third-order valence-corrected chi connectivity index (χ3v) is 3.15. The summed E-state index contributed by atoms with van der Waals surface area (Å²) >= 11 is 0. The Hall–Kier alpha value is -1.10. The number of halogens is 4. The molecule has 0 saturated carbocycles. The molecule has 1 nitrogen and oxygen atoms in total. The van der Waals surface area contributed by atoms with Crippen LogP contribution in [0, 0.1) is 29.2 Å². The molecule has 1 aromatic rings. The van der Waals surface area contributed by atoms with Crippen LogP contribution >= 0.6 is 0 Å². The minimum absolute atomic E-state index is 0.0496. The number of hydrogen-bond donors (Lipinski definition) is 1. The predicted molar refractivity (Wildman–Crippen MR) is 55.6 cm³/mol. The second kappa shape index (κ2) is 5.04. The van der Waals surface area contributed by atoms with E-state index in [0.717, 1.165) is 25.9 Å². The highest BCUT2D eigenvalue weighted by Gasteiger charge is 2.23. The maximum atomic E-state index is 13.4. The Labute approximate surface area is 96.8 Å². The Morgan fingerprint density at radius 2 is 1.53 bits per heavy atom. The van der Waals surface area contributed by atoms with Crippen LogP contribution in [0.15, 0.2) is 6.07 Å². The van der Waals surface area contributed by atoms with Gasteiger partial charge in [-0.15, -0.1) is 0 Å². The monoisotopic (exact) mass is 247 g/mol. The van der Waals surface area contributed by atoms with E-state index in [4.69, 9.17) is 0 Å². The molecule has 1 fully saturated rings. The summed E-state index contributed by atoms with van der Waals surface area (Å²) in [5, 5.41) is 3.12. The van der Waals surface area contributed by atoms with Crippen LogP contribution in [-0.4, -0.2) is 13.1 Å². The van der Waals surface area contributed by atoms with E-state index in [2.05, 4.69) is 5.32 Å². The van der Waals surface area contributed by atoms with Crippen LogP contribution in [0.5, 0.6) is 0 Å². The first kappa shape index (κ1) is 12.4. The molecule has 0 aromatic heterocycles. The Morgan fingerprint density at radius 1 is 1.00 bits per heavy atom. The van der Waals surface area contributed by atoms with Gasteiger partial charge in [-0.05, 0) is 38.3 Å². The van der Waals surface area contributed by atoms with Crippen LogP contribution in [0.2, 0.25) is 0 Å². The zero-order chi connectivity index (χ0) is 12.4. The van der Waals surface area contributed by atoms with Crippen molar-refractivity contribution in [3.8, 4) is 0 Å². The fraction of sp³-hybridized carbons (Fsp3) is 0.500. The molecule has 2 rings (SSSR count). The van der Waals surface area contributed by atoms with Crippen LogP contribution in [0.4, 0.5) is 17.6 Å². The van der Waals surface area contributed by atoms with Crippen molar-refractivity contribution in [2.24, 2.45) is 5.92 Å². The van der Waals surface area contributed by atoms with E-state index in [9.17, 15) is 17.6 Å². The highest BCUT2D eigenvalue weighted by atomic mass is 19.2. The Balaban J connectivity index is 2.24. The van der Waals surface area contributed by atoms with E-state index in [-0.39, 0.29) is 18.4 Å². The topological polar surface area (TPSA) is 12.0 Å². The highest BCUT2D eigenvalue weighted by Crippen LogP contribution is 2.25. The maximum Gasteiger partial charge on any atom is 0.165 e. The van der Waals surface area contributed by atoms with E-state index >= 15 is 0 Å². The fourth-order valence-corrected chi connectivity index (χ4v) is 2.18. The number of piperidine rings is 1. The zero-order valence-corrected chi connectivity index (χ0v) is 9.20. The normalized spacial score (nSPS) is 17.4. The molecule has 0 aliphatic carbocycles. The van der Waals surface area contributed by atoms with Crippen LogP contribution < -0.4 is 5.32 Å². The third-order valence-electron chi connectivity index (χ3n) is 3.15. The summed E-state index contributed by atoms with van der Waals surface area (Å²) in [4.78, 5) is 0. The van der Waals surface area contributed by atoms with Gasteiger partial charge in [-0.2, -0.15) is 0 Å². The maximum absolute atomic E-state index is 13.4. The van der Waals surface area contributed by atoms with Crippen molar-refractivity contribution < 1.29 is 17.6 Å². The summed E-state index contributed by atoms with van der Waals surface area (Å²) in [5.74, 6) is -5.10. The summed E-state index contributed by atoms with van der Waals surface area (Å²) in [6.07, 6.45) is 1.57. The Kier molecular flexibility index (Phi) is 3.66. The molecule has 1 aliphatic rings. The molecule has 0 spiro atoms. The second-order valence-electron chi connectivity index (χ2n) is 4.34. The minimum atomic E-state index is -1.33. The molecule has 0 atom stereocenters. The lowest BCUT2D eigenvalue weighted by Crippen LogP contribution is -2.29. The molecule has 5 heteroatoms. The number of rotatable bonds is 2. The van der Waals surface area contributed by atoms with E-state index in [1.54, 1.807) is 0 Å². The Morgan fingerprint density at radius 3 is 2.06 bits per heavy atom. The molecule has 0 unspecified atom stereocenters. The van der Waals surface area contributed by atoms with Crippen LogP contribution in [0.3, 0.4) is 0 Å². The fourth-order valence-electron chi connectivity index (χ4n) is 2.18. The van der Waals surface area contributed by atoms with Gasteiger partial charge < -0.3 is 5.32 Å². The minimum Gasteiger partial charge on any atom is -0.317 e. The van der Waals surface area contributed by atoms with Crippen molar-refractivity contribution in [2.75, 3.05) is 13.1 Å². The first-order valence-corrected chi connectivity index (χ1v) is 5.62. The largest absolute Gasteiger partial charge is 0.317 e. The number of nitrogens with one attached hydrogen (secondary N) is 1. The molecule has 1 aromatic carbocycles. The molecule has 0 bridgehead atoms. The first-order valence-electron chi connectivity index (χ1n) is 5.62. The molecule has 17 heavy (non-hydrogen) atoms. The molecule has 1 aliphatic heterocycles. The van der Waals surface area contributed by atoms with E-state index in [1.165, 1.54) is 0 Å². The Bertz CT molecular complexity index is 387. The average molecular weight is 247 g/mol. The van der Waals surface area contributed by atoms with Crippen molar-refractivity contribution in [3.05, 3.63) is 34.9 Å². The molecule has 1 N–H and O–H groups in total. The molecule has 1 saturated heterocycles. The van der Waals surface area contributed by atoms with Crippen molar-refractivity contribution in [1.82, 2.24) is 5.32 Å². The van der Waals surface area contributed by atoms with Crippen molar-refractivity contribution >= 4 is 0 Å². The molecule has 0 amide bonds. The summed E-state index contributed by atoms with van der Waals surface area (Å²) < 4.78 is 52.8. The van der Waals surface area contributed by atoms with Gasteiger partial charge in [0, 0.05) is 11.6 Å². The molecule has 1 heterocycles. The lowest BCUT2D eigenvalue weighted by Gasteiger charge is -2.23. The van der Waals surface area contributed by atoms with Crippen molar-refractivity contribution in [2.45, 2.75) is 19.3 Å².